The Kier molecular flexibility index (Phi) is 7.25. The lowest BCUT2D eigenvalue weighted by Crippen LogP contribution is -2.14. The first-order valence-electron chi connectivity index (χ1n) is 9.74. The third-order valence-electron chi connectivity index (χ3n) is 4.58. The Morgan fingerprint density at radius 2 is 1.77 bits per heavy atom. The molecule has 3 aromatic rings. The number of carbonyl (C=O) groups is 2. The van der Waals surface area contributed by atoms with Crippen LogP contribution in [-0.2, 0) is 11.3 Å². The molecule has 7 nitrogen and oxygen atoms in total. The molecule has 0 bridgehead atoms. The van der Waals surface area contributed by atoms with Crippen LogP contribution in [0, 0.1) is 0 Å². The molecule has 1 N–H and O–H groups in total. The van der Waals surface area contributed by atoms with Gasteiger partial charge >= 0.3 is 0 Å². The van der Waals surface area contributed by atoms with Crippen molar-refractivity contribution in [1.82, 2.24) is 14.8 Å². The van der Waals surface area contributed by atoms with E-state index >= 15 is 0 Å². The van der Waals surface area contributed by atoms with E-state index in [9.17, 15) is 9.59 Å². The summed E-state index contributed by atoms with van der Waals surface area (Å²) < 4.78 is 1.94. The molecular formula is C23H25N5O2S. The molecule has 0 atom stereocenters. The first kappa shape index (κ1) is 22.3. The number of rotatable bonds is 9. The second-order valence-electron chi connectivity index (χ2n) is 7.12. The second kappa shape index (κ2) is 10.1. The first-order valence-corrected chi connectivity index (χ1v) is 10.7. The molecule has 0 aliphatic rings. The van der Waals surface area contributed by atoms with Crippen molar-refractivity contribution in [2.45, 2.75) is 18.6 Å². The van der Waals surface area contributed by atoms with Gasteiger partial charge in [-0.1, -0.05) is 17.8 Å². The zero-order valence-corrected chi connectivity index (χ0v) is 18.6. The van der Waals surface area contributed by atoms with Gasteiger partial charge in [0.05, 0.1) is 5.75 Å². The van der Waals surface area contributed by atoms with Gasteiger partial charge in [0.15, 0.2) is 16.8 Å². The topological polar surface area (TPSA) is 80.1 Å². The van der Waals surface area contributed by atoms with Crippen LogP contribution in [0.4, 0.5) is 11.4 Å². The summed E-state index contributed by atoms with van der Waals surface area (Å²) in [5, 5.41) is 12.1. The van der Waals surface area contributed by atoms with Gasteiger partial charge in [-0.05, 0) is 55.5 Å². The van der Waals surface area contributed by atoms with E-state index in [0.717, 1.165) is 17.1 Å². The third-order valence-corrected chi connectivity index (χ3v) is 5.54. The van der Waals surface area contributed by atoms with Gasteiger partial charge < -0.3 is 10.2 Å². The minimum absolute atomic E-state index is 0.0119. The van der Waals surface area contributed by atoms with Crippen LogP contribution in [-0.4, -0.2) is 46.3 Å². The number of nitrogens with one attached hydrogen (secondary N) is 1. The van der Waals surface area contributed by atoms with Gasteiger partial charge in [0.25, 0.3) is 0 Å². The number of allylic oxidation sites excluding steroid dienone is 1. The highest BCUT2D eigenvalue weighted by Crippen LogP contribution is 2.26. The van der Waals surface area contributed by atoms with Gasteiger partial charge in [-0.15, -0.1) is 16.8 Å². The molecule has 31 heavy (non-hydrogen) atoms. The summed E-state index contributed by atoms with van der Waals surface area (Å²) in [5.74, 6) is 0.740. The molecule has 0 aliphatic heterocycles. The van der Waals surface area contributed by atoms with Gasteiger partial charge in [-0.25, -0.2) is 0 Å². The van der Waals surface area contributed by atoms with Crippen molar-refractivity contribution in [3.63, 3.8) is 0 Å². The van der Waals surface area contributed by atoms with Crippen LogP contribution in [0.3, 0.4) is 0 Å². The highest BCUT2D eigenvalue weighted by molar-refractivity contribution is 7.99. The Morgan fingerprint density at radius 1 is 1.10 bits per heavy atom. The third kappa shape index (κ3) is 5.61. The maximum atomic E-state index is 12.4. The number of benzene rings is 2. The lowest BCUT2D eigenvalue weighted by Gasteiger charge is -2.13. The van der Waals surface area contributed by atoms with Crippen molar-refractivity contribution in [1.29, 1.82) is 0 Å². The molecule has 3 rings (SSSR count). The Morgan fingerprint density at radius 3 is 2.35 bits per heavy atom. The number of aromatic nitrogens is 3. The van der Waals surface area contributed by atoms with E-state index in [4.69, 9.17) is 0 Å². The predicted molar refractivity (Wildman–Crippen MR) is 126 cm³/mol. The van der Waals surface area contributed by atoms with E-state index in [2.05, 4.69) is 22.1 Å². The molecule has 0 unspecified atom stereocenters. The zero-order chi connectivity index (χ0) is 22.4. The highest BCUT2D eigenvalue weighted by Gasteiger charge is 2.15. The summed E-state index contributed by atoms with van der Waals surface area (Å²) in [4.78, 5) is 25.8. The van der Waals surface area contributed by atoms with Crippen LogP contribution < -0.4 is 10.2 Å². The SMILES string of the molecule is C=CCn1c(SCC(=O)Nc2ccc(C(C)=O)cc2)nnc1-c1ccc(N(C)C)cc1. The fourth-order valence-electron chi connectivity index (χ4n) is 2.93. The van der Waals surface area contributed by atoms with Crippen LogP contribution in [0.25, 0.3) is 11.4 Å². The fraction of sp³-hybridized carbons (Fsp3) is 0.217. The summed E-state index contributed by atoms with van der Waals surface area (Å²) in [6, 6.07) is 14.9. The van der Waals surface area contributed by atoms with Crippen molar-refractivity contribution in [2.75, 3.05) is 30.1 Å². The number of carbonyl (C=O) groups excluding carboxylic acids is 2. The quantitative estimate of drug-likeness (QED) is 0.309. The largest absolute Gasteiger partial charge is 0.378 e. The first-order chi connectivity index (χ1) is 14.9. The molecule has 1 amide bonds. The maximum Gasteiger partial charge on any atom is 0.234 e. The van der Waals surface area contributed by atoms with Crippen LogP contribution in [0.1, 0.15) is 17.3 Å². The van der Waals surface area contributed by atoms with E-state index < -0.39 is 0 Å². The van der Waals surface area contributed by atoms with E-state index in [-0.39, 0.29) is 17.4 Å². The number of amides is 1. The predicted octanol–water partition coefficient (Wildman–Crippen LogP) is 4.13. The van der Waals surface area contributed by atoms with Crippen LogP contribution >= 0.6 is 11.8 Å². The summed E-state index contributed by atoms with van der Waals surface area (Å²) in [6.45, 7) is 5.87. The van der Waals surface area contributed by atoms with Crippen LogP contribution in [0.5, 0.6) is 0 Å². The zero-order valence-electron chi connectivity index (χ0n) is 17.8. The van der Waals surface area contributed by atoms with Crippen molar-refractivity contribution in [3.8, 4) is 11.4 Å². The molecule has 0 aliphatic carbocycles. The molecular weight excluding hydrogens is 410 g/mol. The minimum Gasteiger partial charge on any atom is -0.378 e. The second-order valence-corrected chi connectivity index (χ2v) is 8.06. The molecule has 0 saturated carbocycles. The monoisotopic (exact) mass is 435 g/mol. The Hall–Kier alpha value is -3.39. The standard InChI is InChI=1S/C23H25N5O2S/c1-5-14-28-22(18-8-12-20(13-9-18)27(3)4)25-26-23(28)31-15-21(30)24-19-10-6-17(7-11-19)16(2)29/h5-13H,1,14-15H2,2-4H3,(H,24,30). The summed E-state index contributed by atoms with van der Waals surface area (Å²) in [6.07, 6.45) is 1.78. The van der Waals surface area contributed by atoms with E-state index in [0.29, 0.717) is 23.0 Å². The normalized spacial score (nSPS) is 10.5. The smallest absolute Gasteiger partial charge is 0.234 e. The van der Waals surface area contributed by atoms with Gasteiger partial charge in [0, 0.05) is 43.1 Å². The van der Waals surface area contributed by atoms with Crippen molar-refractivity contribution in [3.05, 3.63) is 66.7 Å². The molecule has 160 valence electrons. The summed E-state index contributed by atoms with van der Waals surface area (Å²) in [5.41, 5.74) is 3.30. The lowest BCUT2D eigenvalue weighted by atomic mass is 10.1. The minimum atomic E-state index is -0.161. The number of thioether (sulfide) groups is 1. The summed E-state index contributed by atoms with van der Waals surface area (Å²) in [7, 11) is 3.99. The van der Waals surface area contributed by atoms with Gasteiger partial charge in [-0.3, -0.25) is 14.2 Å². The maximum absolute atomic E-state index is 12.4. The molecule has 1 aromatic heterocycles. The molecule has 2 aromatic carbocycles. The highest BCUT2D eigenvalue weighted by atomic mass is 32.2. The molecule has 1 heterocycles. The number of anilines is 2. The van der Waals surface area contributed by atoms with Gasteiger partial charge in [0.1, 0.15) is 0 Å². The van der Waals surface area contributed by atoms with Crippen molar-refractivity contribution in [2.24, 2.45) is 0 Å². The average Bonchev–Trinajstić information content (AvgIpc) is 3.15. The molecule has 0 fully saturated rings. The Balaban J connectivity index is 1.69. The number of Topliss-reactive ketones (excluding diaryl/α,β-unsaturated/α-hetero) is 1. The number of hydrogen-bond acceptors (Lipinski definition) is 6. The van der Waals surface area contributed by atoms with Crippen molar-refractivity contribution >= 4 is 34.8 Å². The Labute approximate surface area is 186 Å². The van der Waals surface area contributed by atoms with E-state index in [1.54, 1.807) is 30.3 Å². The average molecular weight is 436 g/mol. The van der Waals surface area contributed by atoms with E-state index in [1.165, 1.54) is 18.7 Å². The van der Waals surface area contributed by atoms with E-state index in [1.807, 2.05) is 47.8 Å². The Bertz CT molecular complexity index is 1070. The number of hydrogen-bond donors (Lipinski definition) is 1. The molecule has 0 radical (unpaired) electrons. The van der Waals surface area contributed by atoms with Crippen LogP contribution in [0.2, 0.25) is 0 Å². The number of ketones is 1. The fourth-order valence-corrected chi connectivity index (χ4v) is 3.67. The molecule has 0 saturated heterocycles. The van der Waals surface area contributed by atoms with Gasteiger partial charge in [0.2, 0.25) is 5.91 Å². The van der Waals surface area contributed by atoms with Crippen molar-refractivity contribution < 1.29 is 9.59 Å². The number of nitrogens with zero attached hydrogens (tertiary/aromatic N) is 4. The van der Waals surface area contributed by atoms with Gasteiger partial charge in [-0.2, -0.15) is 0 Å². The molecule has 0 spiro atoms. The summed E-state index contributed by atoms with van der Waals surface area (Å²) >= 11 is 1.31. The van der Waals surface area contributed by atoms with Crippen LogP contribution in [0.15, 0.2) is 66.3 Å². The molecule has 8 heteroatoms. The lowest BCUT2D eigenvalue weighted by molar-refractivity contribution is -0.113.